The molecule has 0 fully saturated rings. The summed E-state index contributed by atoms with van der Waals surface area (Å²) in [5.74, 6) is 0.845. The standard InChI is InChI=1S/C23H31FN4O2.HI/c1-5-20(30-21-9-7-8-19(24)14-21)16-27-23(25-6-2)26-15-17-10-12-18(13-11-17)22(29)28(3)4;/h7-14,20H,5-6,15-16H2,1-4H3,(H2,25,26,27);1H. The number of halogens is 2. The summed E-state index contributed by atoms with van der Waals surface area (Å²) in [5, 5.41) is 6.49. The zero-order chi connectivity index (χ0) is 21.9. The van der Waals surface area contributed by atoms with Crippen LogP contribution in [0.2, 0.25) is 0 Å². The van der Waals surface area contributed by atoms with E-state index in [0.29, 0.717) is 30.4 Å². The molecule has 170 valence electrons. The molecule has 1 amide bonds. The molecule has 0 spiro atoms. The largest absolute Gasteiger partial charge is 0.489 e. The fourth-order valence-electron chi connectivity index (χ4n) is 2.74. The fourth-order valence-corrected chi connectivity index (χ4v) is 2.74. The number of guanidine groups is 1. The van der Waals surface area contributed by atoms with E-state index in [9.17, 15) is 9.18 Å². The van der Waals surface area contributed by atoms with Gasteiger partial charge in [0, 0.05) is 32.3 Å². The predicted molar refractivity (Wildman–Crippen MR) is 134 cm³/mol. The molecule has 2 aromatic rings. The van der Waals surface area contributed by atoms with E-state index in [1.807, 2.05) is 38.1 Å². The third kappa shape index (κ3) is 9.12. The number of amides is 1. The van der Waals surface area contributed by atoms with Crippen molar-refractivity contribution < 1.29 is 13.9 Å². The van der Waals surface area contributed by atoms with Gasteiger partial charge in [-0.3, -0.25) is 4.79 Å². The zero-order valence-electron chi connectivity index (χ0n) is 18.5. The number of aliphatic imine (C=N–C) groups is 1. The molecule has 0 aliphatic heterocycles. The van der Waals surface area contributed by atoms with Gasteiger partial charge in [0.25, 0.3) is 5.91 Å². The van der Waals surface area contributed by atoms with Gasteiger partial charge < -0.3 is 20.3 Å². The molecule has 0 aliphatic rings. The lowest BCUT2D eigenvalue weighted by Crippen LogP contribution is -2.42. The van der Waals surface area contributed by atoms with Crippen LogP contribution in [0.4, 0.5) is 4.39 Å². The second-order valence-electron chi connectivity index (χ2n) is 7.08. The summed E-state index contributed by atoms with van der Waals surface area (Å²) in [7, 11) is 3.47. The molecule has 0 radical (unpaired) electrons. The molecular formula is C23H32FIN4O2. The molecule has 1 unspecified atom stereocenters. The highest BCUT2D eigenvalue weighted by Crippen LogP contribution is 2.14. The van der Waals surface area contributed by atoms with Crippen LogP contribution in [0, 0.1) is 5.82 Å². The number of benzene rings is 2. The number of rotatable bonds is 9. The van der Waals surface area contributed by atoms with E-state index in [0.717, 1.165) is 18.5 Å². The molecular weight excluding hydrogens is 510 g/mol. The SMILES string of the molecule is CCNC(=NCc1ccc(C(=O)N(C)C)cc1)NCC(CC)Oc1cccc(F)c1.I. The van der Waals surface area contributed by atoms with Crippen LogP contribution in [0.15, 0.2) is 53.5 Å². The predicted octanol–water partition coefficient (Wildman–Crippen LogP) is 4.06. The number of nitrogens with zero attached hydrogens (tertiary/aromatic N) is 2. The van der Waals surface area contributed by atoms with Crippen molar-refractivity contribution in [3.8, 4) is 5.75 Å². The van der Waals surface area contributed by atoms with E-state index in [1.54, 1.807) is 31.1 Å². The summed E-state index contributed by atoms with van der Waals surface area (Å²) in [4.78, 5) is 18.1. The van der Waals surface area contributed by atoms with Gasteiger partial charge in [0.1, 0.15) is 17.7 Å². The molecule has 0 bridgehead atoms. The molecule has 2 aromatic carbocycles. The van der Waals surface area contributed by atoms with E-state index in [2.05, 4.69) is 15.6 Å². The van der Waals surface area contributed by atoms with E-state index < -0.39 is 0 Å². The maximum absolute atomic E-state index is 13.4. The van der Waals surface area contributed by atoms with Gasteiger partial charge in [0.2, 0.25) is 0 Å². The third-order valence-corrected chi connectivity index (χ3v) is 4.42. The van der Waals surface area contributed by atoms with Crippen molar-refractivity contribution >= 4 is 35.8 Å². The zero-order valence-corrected chi connectivity index (χ0v) is 20.9. The Morgan fingerprint density at radius 3 is 2.42 bits per heavy atom. The lowest BCUT2D eigenvalue weighted by molar-refractivity contribution is 0.0827. The van der Waals surface area contributed by atoms with Crippen molar-refractivity contribution in [3.63, 3.8) is 0 Å². The number of carbonyl (C=O) groups is 1. The van der Waals surface area contributed by atoms with Gasteiger partial charge in [0.15, 0.2) is 5.96 Å². The minimum absolute atomic E-state index is 0. The van der Waals surface area contributed by atoms with Gasteiger partial charge >= 0.3 is 0 Å². The number of hydrogen-bond donors (Lipinski definition) is 2. The van der Waals surface area contributed by atoms with Crippen molar-refractivity contribution in [1.29, 1.82) is 0 Å². The smallest absolute Gasteiger partial charge is 0.253 e. The van der Waals surface area contributed by atoms with Crippen molar-refractivity contribution in [2.45, 2.75) is 32.9 Å². The van der Waals surface area contributed by atoms with E-state index in [-0.39, 0.29) is 41.8 Å². The second-order valence-corrected chi connectivity index (χ2v) is 7.08. The first-order valence-corrected chi connectivity index (χ1v) is 10.2. The number of ether oxygens (including phenoxy) is 1. The third-order valence-electron chi connectivity index (χ3n) is 4.42. The summed E-state index contributed by atoms with van der Waals surface area (Å²) in [6.45, 7) is 5.76. The van der Waals surface area contributed by atoms with Crippen LogP contribution in [0.3, 0.4) is 0 Å². The lowest BCUT2D eigenvalue weighted by Gasteiger charge is -2.20. The normalized spacial score (nSPS) is 11.8. The molecule has 1 atom stereocenters. The first-order chi connectivity index (χ1) is 14.4. The molecule has 0 heterocycles. The van der Waals surface area contributed by atoms with Gasteiger partial charge in [-0.15, -0.1) is 24.0 Å². The Morgan fingerprint density at radius 2 is 1.84 bits per heavy atom. The summed E-state index contributed by atoms with van der Waals surface area (Å²) < 4.78 is 19.2. The fraction of sp³-hybridized carbons (Fsp3) is 0.391. The van der Waals surface area contributed by atoms with Gasteiger partial charge in [-0.2, -0.15) is 0 Å². The maximum Gasteiger partial charge on any atom is 0.253 e. The average molecular weight is 542 g/mol. The minimum atomic E-state index is -0.316. The van der Waals surface area contributed by atoms with Crippen LogP contribution in [-0.2, 0) is 6.54 Å². The quantitative estimate of drug-likeness (QED) is 0.285. The molecule has 0 saturated heterocycles. The molecule has 0 aliphatic carbocycles. The Morgan fingerprint density at radius 1 is 1.13 bits per heavy atom. The van der Waals surface area contributed by atoms with Crippen LogP contribution in [0.1, 0.15) is 36.2 Å². The van der Waals surface area contributed by atoms with Gasteiger partial charge in [-0.05, 0) is 43.2 Å². The average Bonchev–Trinajstić information content (AvgIpc) is 2.74. The van der Waals surface area contributed by atoms with Crippen molar-refractivity contribution in [1.82, 2.24) is 15.5 Å². The Hall–Kier alpha value is -2.36. The summed E-state index contributed by atoms with van der Waals surface area (Å²) >= 11 is 0. The number of nitrogens with one attached hydrogen (secondary N) is 2. The number of carbonyl (C=O) groups excluding carboxylic acids is 1. The Kier molecular flexibility index (Phi) is 11.9. The molecule has 0 aromatic heterocycles. The molecule has 8 heteroatoms. The summed E-state index contributed by atoms with van der Waals surface area (Å²) in [6.07, 6.45) is 0.650. The first kappa shape index (κ1) is 26.7. The molecule has 0 saturated carbocycles. The van der Waals surface area contributed by atoms with Crippen LogP contribution in [0.25, 0.3) is 0 Å². The Balaban J connectivity index is 0.00000480. The van der Waals surface area contributed by atoms with Gasteiger partial charge in [-0.25, -0.2) is 9.38 Å². The molecule has 31 heavy (non-hydrogen) atoms. The van der Waals surface area contributed by atoms with Crippen molar-refractivity contribution in [2.75, 3.05) is 27.2 Å². The number of hydrogen-bond acceptors (Lipinski definition) is 3. The Bertz CT molecular complexity index is 844. The molecule has 2 rings (SSSR count). The highest BCUT2D eigenvalue weighted by Gasteiger charge is 2.10. The van der Waals surface area contributed by atoms with Crippen molar-refractivity contribution in [2.24, 2.45) is 4.99 Å². The van der Waals surface area contributed by atoms with Gasteiger partial charge in [-0.1, -0.05) is 25.1 Å². The van der Waals surface area contributed by atoms with Crippen molar-refractivity contribution in [3.05, 3.63) is 65.5 Å². The van der Waals surface area contributed by atoms with Crippen LogP contribution < -0.4 is 15.4 Å². The highest BCUT2D eigenvalue weighted by atomic mass is 127. The second kappa shape index (κ2) is 13.8. The van der Waals surface area contributed by atoms with E-state index in [1.165, 1.54) is 12.1 Å². The van der Waals surface area contributed by atoms with Crippen LogP contribution >= 0.6 is 24.0 Å². The molecule has 6 nitrogen and oxygen atoms in total. The van der Waals surface area contributed by atoms with Crippen LogP contribution in [-0.4, -0.2) is 50.1 Å². The lowest BCUT2D eigenvalue weighted by atomic mass is 10.1. The van der Waals surface area contributed by atoms with E-state index in [4.69, 9.17) is 4.74 Å². The molecule has 2 N–H and O–H groups in total. The topological polar surface area (TPSA) is 66.0 Å². The van der Waals surface area contributed by atoms with Crippen LogP contribution in [0.5, 0.6) is 5.75 Å². The van der Waals surface area contributed by atoms with E-state index >= 15 is 0 Å². The summed E-state index contributed by atoms with van der Waals surface area (Å²) in [5.41, 5.74) is 1.66. The maximum atomic E-state index is 13.4. The monoisotopic (exact) mass is 542 g/mol. The first-order valence-electron chi connectivity index (χ1n) is 10.2. The van der Waals surface area contributed by atoms with Gasteiger partial charge in [0.05, 0.1) is 13.1 Å². The Labute approximate surface area is 201 Å². The summed E-state index contributed by atoms with van der Waals surface area (Å²) in [6, 6.07) is 13.6. The minimum Gasteiger partial charge on any atom is -0.489 e. The highest BCUT2D eigenvalue weighted by molar-refractivity contribution is 14.0.